The van der Waals surface area contributed by atoms with E-state index >= 15 is 0 Å². The number of halogens is 1. The summed E-state index contributed by atoms with van der Waals surface area (Å²) in [5, 5.41) is 3.50. The Bertz CT molecular complexity index is 504. The number of hydrogen-bond donors (Lipinski definition) is 1. The zero-order valence-corrected chi connectivity index (χ0v) is 13.0. The quantitative estimate of drug-likeness (QED) is 0.878. The van der Waals surface area contributed by atoms with Gasteiger partial charge in [0.15, 0.2) is 0 Å². The average Bonchev–Trinajstić information content (AvgIpc) is 2.87. The van der Waals surface area contributed by atoms with E-state index in [1.54, 1.807) is 0 Å². The van der Waals surface area contributed by atoms with Gasteiger partial charge in [0, 0.05) is 29.1 Å². The second-order valence-electron chi connectivity index (χ2n) is 4.76. The van der Waals surface area contributed by atoms with Gasteiger partial charge in [0.05, 0.1) is 12.2 Å². The molecule has 0 aromatic carbocycles. The Morgan fingerprint density at radius 1 is 1.37 bits per heavy atom. The van der Waals surface area contributed by atoms with Crippen molar-refractivity contribution < 1.29 is 0 Å². The van der Waals surface area contributed by atoms with Crippen molar-refractivity contribution in [1.29, 1.82) is 0 Å². The Labute approximate surface area is 123 Å². The first-order chi connectivity index (χ1) is 9.19. The van der Waals surface area contributed by atoms with E-state index in [2.05, 4.69) is 63.1 Å². The van der Waals surface area contributed by atoms with E-state index < -0.39 is 0 Å². The van der Waals surface area contributed by atoms with Gasteiger partial charge >= 0.3 is 0 Å². The topological polar surface area (TPSA) is 29.9 Å². The highest BCUT2D eigenvalue weighted by atomic mass is 79.9. The minimum atomic E-state index is 0.402. The van der Waals surface area contributed by atoms with E-state index in [9.17, 15) is 0 Å². The van der Waals surface area contributed by atoms with Gasteiger partial charge in [-0.05, 0) is 59.6 Å². The predicted molar refractivity (Wildman–Crippen MR) is 82.2 cm³/mol. The summed E-state index contributed by atoms with van der Waals surface area (Å²) in [6.07, 6.45) is 7.30. The summed E-state index contributed by atoms with van der Waals surface area (Å²) in [4.78, 5) is 4.39. The molecule has 0 aliphatic rings. The Morgan fingerprint density at radius 3 is 2.89 bits per heavy atom. The maximum Gasteiger partial charge on any atom is 0.0642 e. The Balaban J connectivity index is 1.98. The third kappa shape index (κ3) is 4.18. The van der Waals surface area contributed by atoms with Crippen LogP contribution in [-0.2, 0) is 6.54 Å². The van der Waals surface area contributed by atoms with E-state index in [1.165, 1.54) is 5.56 Å². The van der Waals surface area contributed by atoms with Gasteiger partial charge in [-0.1, -0.05) is 6.92 Å². The summed E-state index contributed by atoms with van der Waals surface area (Å²) in [6.45, 7) is 6.26. The molecule has 4 heteroatoms. The fraction of sp³-hybridized carbons (Fsp3) is 0.400. The van der Waals surface area contributed by atoms with Crippen molar-refractivity contribution in [2.45, 2.75) is 32.9 Å². The molecule has 0 spiro atoms. The van der Waals surface area contributed by atoms with E-state index in [4.69, 9.17) is 0 Å². The summed E-state index contributed by atoms with van der Waals surface area (Å²) in [7, 11) is 0. The molecular formula is C15H20BrN3. The van der Waals surface area contributed by atoms with E-state index in [0.29, 0.717) is 6.04 Å². The highest BCUT2D eigenvalue weighted by Gasteiger charge is 2.06. The van der Waals surface area contributed by atoms with Crippen molar-refractivity contribution in [2.24, 2.45) is 0 Å². The number of nitrogens with one attached hydrogen (secondary N) is 1. The number of hydrogen-bond acceptors (Lipinski definition) is 2. The van der Waals surface area contributed by atoms with E-state index in [1.807, 2.05) is 18.3 Å². The summed E-state index contributed by atoms with van der Waals surface area (Å²) >= 11 is 3.40. The molecular weight excluding hydrogens is 302 g/mol. The van der Waals surface area contributed by atoms with Crippen molar-refractivity contribution in [3.05, 3.63) is 52.5 Å². The molecule has 102 valence electrons. The zero-order valence-electron chi connectivity index (χ0n) is 11.4. The molecule has 2 aromatic rings. The first-order valence-corrected chi connectivity index (χ1v) is 7.48. The molecule has 1 N–H and O–H groups in total. The summed E-state index contributed by atoms with van der Waals surface area (Å²) in [5.41, 5.74) is 2.39. The van der Waals surface area contributed by atoms with Crippen molar-refractivity contribution in [1.82, 2.24) is 14.9 Å². The van der Waals surface area contributed by atoms with Gasteiger partial charge in [0.2, 0.25) is 0 Å². The molecule has 3 nitrogen and oxygen atoms in total. The lowest BCUT2D eigenvalue weighted by Gasteiger charge is -2.11. The molecule has 1 atom stereocenters. The van der Waals surface area contributed by atoms with Crippen LogP contribution in [0.4, 0.5) is 0 Å². The Hall–Kier alpha value is -1.13. The number of nitrogens with zero attached hydrogens (tertiary/aromatic N) is 2. The van der Waals surface area contributed by atoms with E-state index in [0.717, 1.165) is 29.7 Å². The lowest BCUT2D eigenvalue weighted by atomic mass is 10.2. The lowest BCUT2D eigenvalue weighted by molar-refractivity contribution is 0.569. The summed E-state index contributed by atoms with van der Waals surface area (Å²) < 4.78 is 3.19. The van der Waals surface area contributed by atoms with Crippen LogP contribution in [0.25, 0.3) is 0 Å². The van der Waals surface area contributed by atoms with Gasteiger partial charge < -0.3 is 9.88 Å². The van der Waals surface area contributed by atoms with Crippen LogP contribution in [0.2, 0.25) is 0 Å². The molecule has 2 heterocycles. The molecule has 0 amide bonds. The second kappa shape index (κ2) is 6.87. The number of rotatable bonds is 6. The Kier molecular flexibility index (Phi) is 5.16. The normalized spacial score (nSPS) is 12.6. The minimum Gasteiger partial charge on any atom is -0.348 e. The van der Waals surface area contributed by atoms with E-state index in [-0.39, 0.29) is 0 Å². The molecule has 0 fully saturated rings. The molecule has 0 radical (unpaired) electrons. The fourth-order valence-corrected chi connectivity index (χ4v) is 2.21. The minimum absolute atomic E-state index is 0.402. The van der Waals surface area contributed by atoms with Crippen LogP contribution in [0.3, 0.4) is 0 Å². The third-order valence-corrected chi connectivity index (χ3v) is 3.58. The van der Waals surface area contributed by atoms with Crippen LogP contribution in [0.15, 0.2) is 41.3 Å². The van der Waals surface area contributed by atoms with Crippen LogP contribution in [0.1, 0.15) is 37.6 Å². The SMILES string of the molecule is CCCNC(C)c1ccn(Cc2ccc(Br)cn2)c1. The molecule has 0 bridgehead atoms. The first kappa shape index (κ1) is 14.3. The predicted octanol–water partition coefficient (Wildman–Crippen LogP) is 3.75. The maximum absolute atomic E-state index is 4.39. The van der Waals surface area contributed by atoms with Gasteiger partial charge in [-0.15, -0.1) is 0 Å². The third-order valence-electron chi connectivity index (χ3n) is 3.11. The molecule has 2 rings (SSSR count). The van der Waals surface area contributed by atoms with Crippen molar-refractivity contribution >= 4 is 15.9 Å². The lowest BCUT2D eigenvalue weighted by Crippen LogP contribution is -2.18. The maximum atomic E-state index is 4.39. The van der Waals surface area contributed by atoms with Gasteiger partial charge in [-0.2, -0.15) is 0 Å². The largest absolute Gasteiger partial charge is 0.348 e. The average molecular weight is 322 g/mol. The Morgan fingerprint density at radius 2 is 2.21 bits per heavy atom. The standard InChI is InChI=1S/C15H20BrN3/c1-3-7-17-12(2)13-6-8-19(10-13)11-15-5-4-14(16)9-18-15/h4-6,8-10,12,17H,3,7,11H2,1-2H3. The molecule has 19 heavy (non-hydrogen) atoms. The summed E-state index contributed by atoms with van der Waals surface area (Å²) in [6, 6.07) is 6.64. The highest BCUT2D eigenvalue weighted by Crippen LogP contribution is 2.14. The monoisotopic (exact) mass is 321 g/mol. The second-order valence-corrected chi connectivity index (χ2v) is 5.68. The number of pyridine rings is 1. The highest BCUT2D eigenvalue weighted by molar-refractivity contribution is 9.10. The summed E-state index contributed by atoms with van der Waals surface area (Å²) in [5.74, 6) is 0. The van der Waals surface area contributed by atoms with Crippen LogP contribution in [0.5, 0.6) is 0 Å². The number of aromatic nitrogens is 2. The van der Waals surface area contributed by atoms with Crippen LogP contribution in [-0.4, -0.2) is 16.1 Å². The zero-order chi connectivity index (χ0) is 13.7. The van der Waals surface area contributed by atoms with Gasteiger partial charge in [0.25, 0.3) is 0 Å². The van der Waals surface area contributed by atoms with Crippen molar-refractivity contribution in [2.75, 3.05) is 6.54 Å². The molecule has 0 saturated carbocycles. The van der Waals surface area contributed by atoms with Crippen LogP contribution in [0, 0.1) is 0 Å². The molecule has 1 unspecified atom stereocenters. The van der Waals surface area contributed by atoms with Crippen LogP contribution < -0.4 is 5.32 Å². The smallest absolute Gasteiger partial charge is 0.0642 e. The first-order valence-electron chi connectivity index (χ1n) is 6.68. The van der Waals surface area contributed by atoms with Crippen LogP contribution >= 0.6 is 15.9 Å². The molecule has 0 aliphatic heterocycles. The van der Waals surface area contributed by atoms with Gasteiger partial charge in [0.1, 0.15) is 0 Å². The molecule has 0 saturated heterocycles. The van der Waals surface area contributed by atoms with Gasteiger partial charge in [-0.3, -0.25) is 4.98 Å². The fourth-order valence-electron chi connectivity index (χ4n) is 1.98. The van der Waals surface area contributed by atoms with Crippen molar-refractivity contribution in [3.63, 3.8) is 0 Å². The van der Waals surface area contributed by atoms with Crippen molar-refractivity contribution in [3.8, 4) is 0 Å². The molecule has 0 aliphatic carbocycles. The molecule has 2 aromatic heterocycles. The van der Waals surface area contributed by atoms with Gasteiger partial charge in [-0.25, -0.2) is 0 Å².